The Balaban J connectivity index is 1.41. The Kier molecular flexibility index (Phi) is 5.93. The van der Waals surface area contributed by atoms with E-state index in [1.165, 1.54) is 41.0 Å². The normalized spacial score (nSPS) is 23.6. The van der Waals surface area contributed by atoms with Crippen LogP contribution in [0.1, 0.15) is 37.9 Å². The Morgan fingerprint density at radius 2 is 1.74 bits per heavy atom. The molecule has 3 aliphatic rings. The van der Waals surface area contributed by atoms with Crippen LogP contribution in [0.4, 0.5) is 0 Å². The molecule has 4 nitrogen and oxygen atoms in total. The molecule has 3 saturated heterocycles. The van der Waals surface area contributed by atoms with Crippen molar-refractivity contribution in [2.75, 3.05) is 20.2 Å². The van der Waals surface area contributed by atoms with Crippen molar-refractivity contribution in [2.45, 2.75) is 38.3 Å². The monoisotopic (exact) mass is 502 g/mol. The lowest BCUT2D eigenvalue weighted by Gasteiger charge is -2.52. The Morgan fingerprint density at radius 3 is 2.53 bits per heavy atom. The van der Waals surface area contributed by atoms with E-state index < -0.39 is 0 Å². The molecule has 2 bridgehead atoms. The topological polar surface area (TPSA) is 34.6 Å². The largest absolute Gasteiger partial charge is 0.497 e. The lowest BCUT2D eigenvalue weighted by atomic mass is 9.72. The molecule has 4 heteroatoms. The van der Waals surface area contributed by atoms with Gasteiger partial charge in [-0.25, -0.2) is 0 Å². The quantitative estimate of drug-likeness (QED) is 0.222. The van der Waals surface area contributed by atoms with Crippen LogP contribution in [0, 0.1) is 11.8 Å². The maximum Gasteiger partial charge on any atom is 0.140 e. The lowest BCUT2D eigenvalue weighted by Crippen LogP contribution is -2.56. The van der Waals surface area contributed by atoms with E-state index in [9.17, 15) is 0 Å². The molecule has 38 heavy (non-hydrogen) atoms. The van der Waals surface area contributed by atoms with Gasteiger partial charge in [0.15, 0.2) is 0 Å². The second-order valence-electron chi connectivity index (χ2n) is 11.0. The van der Waals surface area contributed by atoms with E-state index in [1.807, 2.05) is 12.3 Å². The molecule has 1 aromatic heterocycles. The van der Waals surface area contributed by atoms with Crippen LogP contribution in [0.2, 0.25) is 0 Å². The summed E-state index contributed by atoms with van der Waals surface area (Å²) in [4.78, 5) is 7.39. The molecular formula is C34H34N2O2. The van der Waals surface area contributed by atoms with Gasteiger partial charge in [-0.15, -0.1) is 0 Å². The summed E-state index contributed by atoms with van der Waals surface area (Å²) in [6.07, 6.45) is 5.54. The fourth-order valence-electron chi connectivity index (χ4n) is 7.08. The van der Waals surface area contributed by atoms with Crippen molar-refractivity contribution in [1.82, 2.24) is 9.88 Å². The molecule has 0 aliphatic carbocycles. The Hall–Kier alpha value is -3.63. The van der Waals surface area contributed by atoms with E-state index in [2.05, 4.69) is 84.6 Å². The smallest absolute Gasteiger partial charge is 0.140 e. The minimum absolute atomic E-state index is 0.113. The predicted molar refractivity (Wildman–Crippen MR) is 155 cm³/mol. The zero-order valence-electron chi connectivity index (χ0n) is 22.1. The summed E-state index contributed by atoms with van der Waals surface area (Å²) < 4.78 is 12.9. The van der Waals surface area contributed by atoms with Gasteiger partial charge in [0.1, 0.15) is 17.6 Å². The van der Waals surface area contributed by atoms with Gasteiger partial charge in [-0.3, -0.25) is 9.88 Å². The van der Waals surface area contributed by atoms with Crippen molar-refractivity contribution in [2.24, 2.45) is 11.8 Å². The Bertz CT molecular complexity index is 1630. The number of aromatic nitrogens is 1. The number of nitrogens with zero attached hydrogens (tertiary/aromatic N) is 2. The number of fused-ring (bicyclic) bond motifs is 7. The number of piperidine rings is 3. The van der Waals surface area contributed by atoms with Crippen LogP contribution >= 0.6 is 0 Å². The van der Waals surface area contributed by atoms with Gasteiger partial charge in [0.2, 0.25) is 0 Å². The average Bonchev–Trinajstić information content (AvgIpc) is 2.99. The summed E-state index contributed by atoms with van der Waals surface area (Å²) in [5.74, 6) is 3.35. The number of ether oxygens (including phenoxy) is 2. The average molecular weight is 503 g/mol. The highest BCUT2D eigenvalue weighted by molar-refractivity contribution is 6.10. The first-order chi connectivity index (χ1) is 18.7. The number of rotatable bonds is 6. The van der Waals surface area contributed by atoms with Gasteiger partial charge in [-0.05, 0) is 77.7 Å². The van der Waals surface area contributed by atoms with Gasteiger partial charge in [-0.2, -0.15) is 0 Å². The molecule has 3 aliphatic heterocycles. The number of pyridine rings is 1. The predicted octanol–water partition coefficient (Wildman–Crippen LogP) is 7.79. The standard InChI is InChI=1S/C34H34N2O2/c1-3-22-21-36-17-15-23(22)18-32(36)34(29-14-16-35-31-13-12-25(37-2)20-30(29)31)38-33-19-24-8-4-5-9-26(24)27-10-6-7-11-28(27)33/h4-14,16,19-20,22-23,32,34H,3,15,17-18,21H2,1-2H3/t22-,23-,32+,34+/m0/s1. The van der Waals surface area contributed by atoms with E-state index in [0.717, 1.165) is 52.7 Å². The highest BCUT2D eigenvalue weighted by Crippen LogP contribution is 2.45. The van der Waals surface area contributed by atoms with E-state index in [0.29, 0.717) is 6.04 Å². The van der Waals surface area contributed by atoms with Crippen LogP contribution in [0.5, 0.6) is 11.5 Å². The van der Waals surface area contributed by atoms with Crippen LogP contribution in [-0.2, 0) is 0 Å². The van der Waals surface area contributed by atoms with Crippen molar-refractivity contribution in [3.05, 3.63) is 90.6 Å². The molecule has 0 spiro atoms. The van der Waals surface area contributed by atoms with Crippen molar-refractivity contribution in [1.29, 1.82) is 0 Å². The molecule has 4 aromatic carbocycles. The van der Waals surface area contributed by atoms with Crippen LogP contribution in [0.15, 0.2) is 85.1 Å². The van der Waals surface area contributed by atoms with Gasteiger partial charge in [0.25, 0.3) is 0 Å². The fourth-order valence-corrected chi connectivity index (χ4v) is 7.08. The van der Waals surface area contributed by atoms with Crippen molar-refractivity contribution in [3.8, 4) is 11.5 Å². The van der Waals surface area contributed by atoms with Crippen LogP contribution < -0.4 is 9.47 Å². The van der Waals surface area contributed by atoms with Crippen molar-refractivity contribution >= 4 is 32.4 Å². The molecule has 5 atom stereocenters. The highest BCUT2D eigenvalue weighted by Gasteiger charge is 2.44. The summed E-state index contributed by atoms with van der Waals surface area (Å²) in [7, 11) is 1.73. The summed E-state index contributed by atoms with van der Waals surface area (Å²) >= 11 is 0. The number of benzene rings is 4. The lowest BCUT2D eigenvalue weighted by molar-refractivity contribution is -0.0480. The number of methoxy groups -OCH3 is 1. The van der Waals surface area contributed by atoms with Gasteiger partial charge >= 0.3 is 0 Å². The second kappa shape index (κ2) is 9.59. The summed E-state index contributed by atoms with van der Waals surface area (Å²) in [6, 6.07) is 28.2. The first kappa shape index (κ1) is 23.5. The molecule has 0 radical (unpaired) electrons. The first-order valence-electron chi connectivity index (χ1n) is 14.0. The molecule has 0 saturated carbocycles. The van der Waals surface area contributed by atoms with E-state index in [-0.39, 0.29) is 6.10 Å². The van der Waals surface area contributed by atoms with Crippen LogP contribution in [0.3, 0.4) is 0 Å². The minimum Gasteiger partial charge on any atom is -0.497 e. The summed E-state index contributed by atoms with van der Waals surface area (Å²) in [5.41, 5.74) is 2.17. The van der Waals surface area contributed by atoms with E-state index in [1.54, 1.807) is 7.11 Å². The molecular weight excluding hydrogens is 468 g/mol. The first-order valence-corrected chi connectivity index (χ1v) is 14.0. The third-order valence-corrected chi connectivity index (χ3v) is 9.08. The van der Waals surface area contributed by atoms with Crippen LogP contribution in [-0.4, -0.2) is 36.1 Å². The summed E-state index contributed by atoms with van der Waals surface area (Å²) in [6.45, 7) is 4.66. The summed E-state index contributed by atoms with van der Waals surface area (Å²) in [5, 5.41) is 5.97. The number of hydrogen-bond acceptors (Lipinski definition) is 4. The fraction of sp³-hybridized carbons (Fsp3) is 0.324. The molecule has 4 heterocycles. The highest BCUT2D eigenvalue weighted by atomic mass is 16.5. The molecule has 0 amide bonds. The minimum atomic E-state index is -0.113. The molecule has 1 unspecified atom stereocenters. The van der Waals surface area contributed by atoms with Gasteiger partial charge in [0, 0.05) is 29.1 Å². The molecule has 5 aromatic rings. The second-order valence-corrected chi connectivity index (χ2v) is 11.0. The molecule has 192 valence electrons. The molecule has 8 rings (SSSR count). The molecule has 0 N–H and O–H groups in total. The van der Waals surface area contributed by atoms with E-state index in [4.69, 9.17) is 14.5 Å². The third-order valence-electron chi connectivity index (χ3n) is 9.08. The van der Waals surface area contributed by atoms with Gasteiger partial charge < -0.3 is 9.47 Å². The van der Waals surface area contributed by atoms with Gasteiger partial charge in [0.05, 0.1) is 18.7 Å². The maximum atomic E-state index is 7.25. The van der Waals surface area contributed by atoms with E-state index >= 15 is 0 Å². The zero-order chi connectivity index (χ0) is 25.6. The van der Waals surface area contributed by atoms with Gasteiger partial charge in [-0.1, -0.05) is 61.9 Å². The number of hydrogen-bond donors (Lipinski definition) is 0. The third kappa shape index (κ3) is 3.90. The van der Waals surface area contributed by atoms with Crippen molar-refractivity contribution < 1.29 is 9.47 Å². The SMILES string of the molecule is CC[C@H]1CN2CC[C@H]1C[C@@H]2[C@H](Oc1cc2ccccc2c2ccccc12)c1ccnc2ccc(OC)cc12. The van der Waals surface area contributed by atoms with Crippen molar-refractivity contribution in [3.63, 3.8) is 0 Å². The molecule has 3 fully saturated rings. The Morgan fingerprint density at radius 1 is 0.921 bits per heavy atom. The maximum absolute atomic E-state index is 7.25. The van der Waals surface area contributed by atoms with Crippen LogP contribution in [0.25, 0.3) is 32.4 Å². The zero-order valence-corrected chi connectivity index (χ0v) is 22.1. The Labute approximate surface area is 224 Å².